The van der Waals surface area contributed by atoms with Crippen LogP contribution in [0.1, 0.15) is 170 Å². The highest BCUT2D eigenvalue weighted by Crippen LogP contribution is 2.44. The summed E-state index contributed by atoms with van der Waals surface area (Å²) >= 11 is 0. The third-order valence-corrected chi connectivity index (χ3v) is 12.4. The highest BCUT2D eigenvalue weighted by molar-refractivity contribution is 7.38. The van der Waals surface area contributed by atoms with E-state index in [4.69, 9.17) is 0 Å². The average Bonchev–Trinajstić information content (AvgIpc) is 2.87. The Bertz CT molecular complexity index is 515. The molecule has 1 heterocycles. The Kier molecular flexibility index (Phi) is 17.7. The molecule has 36 heavy (non-hydrogen) atoms. The van der Waals surface area contributed by atoms with E-state index in [1.807, 2.05) is 0 Å². The molecular formula is C35H69P. The van der Waals surface area contributed by atoms with Crippen molar-refractivity contribution in [1.29, 1.82) is 0 Å². The molecule has 9 atom stereocenters. The van der Waals surface area contributed by atoms with Gasteiger partial charge >= 0.3 is 0 Å². The summed E-state index contributed by atoms with van der Waals surface area (Å²) in [5.41, 5.74) is 0.973. The van der Waals surface area contributed by atoms with Gasteiger partial charge < -0.3 is 0 Å². The molecule has 2 fully saturated rings. The summed E-state index contributed by atoms with van der Waals surface area (Å²) < 4.78 is 0. The zero-order valence-corrected chi connectivity index (χ0v) is 27.0. The maximum atomic E-state index is 2.65. The van der Waals surface area contributed by atoms with E-state index < -0.39 is 0 Å². The van der Waals surface area contributed by atoms with Crippen molar-refractivity contribution in [1.82, 2.24) is 0 Å². The molecule has 1 heteroatoms. The standard InChI is InChI=1S/C35H69P/c1-7-10-12-13-14-15-19-32(18-11-8-2)29(5)26-34-21-17-16-20-33(22-23-36-30(34)6)35-25-28(4)24-31(9-3)27-35/h28-36H,7-27H2,1-6H3. The summed E-state index contributed by atoms with van der Waals surface area (Å²) in [4.78, 5) is 0. The fourth-order valence-corrected chi connectivity index (χ4v) is 9.85. The Labute approximate surface area is 231 Å². The van der Waals surface area contributed by atoms with E-state index in [1.165, 1.54) is 124 Å². The first-order valence-corrected chi connectivity index (χ1v) is 18.5. The second-order valence-corrected chi connectivity index (χ2v) is 15.7. The SMILES string of the molecule is CCCCCCCCC(CCCC)C(C)CC1CCCCC(C2CC(C)CC(CC)C2)CCPC1C. The minimum atomic E-state index is 0.940. The summed E-state index contributed by atoms with van der Waals surface area (Å²) in [6.45, 7) is 15.0. The van der Waals surface area contributed by atoms with Gasteiger partial charge in [-0.3, -0.25) is 0 Å². The first-order valence-electron chi connectivity index (χ1n) is 17.2. The van der Waals surface area contributed by atoms with E-state index in [1.54, 1.807) is 19.3 Å². The average molecular weight is 521 g/mol. The van der Waals surface area contributed by atoms with Crippen LogP contribution in [0.5, 0.6) is 0 Å². The molecule has 1 aliphatic heterocycles. The highest BCUT2D eigenvalue weighted by atomic mass is 31.1. The molecule has 0 nitrogen and oxygen atoms in total. The van der Waals surface area contributed by atoms with Crippen LogP contribution in [-0.2, 0) is 0 Å². The summed E-state index contributed by atoms with van der Waals surface area (Å²) in [6.07, 6.45) is 31.3. The molecule has 9 unspecified atom stereocenters. The molecule has 2 rings (SSSR count). The molecular weight excluding hydrogens is 451 g/mol. The van der Waals surface area contributed by atoms with Crippen molar-refractivity contribution < 1.29 is 0 Å². The number of unbranched alkanes of at least 4 members (excludes halogenated alkanes) is 6. The molecule has 1 saturated heterocycles. The van der Waals surface area contributed by atoms with Crippen molar-refractivity contribution in [3.63, 3.8) is 0 Å². The third kappa shape index (κ3) is 12.5. The molecule has 214 valence electrons. The fourth-order valence-electron chi connectivity index (χ4n) is 8.22. The van der Waals surface area contributed by atoms with Crippen LogP contribution in [0, 0.1) is 41.4 Å². The number of hydrogen-bond donors (Lipinski definition) is 0. The summed E-state index contributed by atoms with van der Waals surface area (Å²) in [5.74, 6) is 7.04. The van der Waals surface area contributed by atoms with Crippen molar-refractivity contribution in [2.75, 3.05) is 6.16 Å². The predicted octanol–water partition coefficient (Wildman–Crippen LogP) is 12.3. The molecule has 0 amide bonds. The van der Waals surface area contributed by atoms with Gasteiger partial charge in [0, 0.05) is 0 Å². The van der Waals surface area contributed by atoms with E-state index in [9.17, 15) is 0 Å². The van der Waals surface area contributed by atoms with E-state index in [0.717, 1.165) is 47.1 Å². The van der Waals surface area contributed by atoms with Gasteiger partial charge in [-0.15, -0.1) is 8.58 Å². The van der Waals surface area contributed by atoms with Crippen LogP contribution in [-0.4, -0.2) is 11.8 Å². The Balaban J connectivity index is 1.84. The van der Waals surface area contributed by atoms with Crippen LogP contribution < -0.4 is 0 Å². The predicted molar refractivity (Wildman–Crippen MR) is 168 cm³/mol. The van der Waals surface area contributed by atoms with Crippen LogP contribution >= 0.6 is 8.58 Å². The maximum absolute atomic E-state index is 2.65. The van der Waals surface area contributed by atoms with Crippen molar-refractivity contribution >= 4 is 8.58 Å². The van der Waals surface area contributed by atoms with Crippen molar-refractivity contribution in [3.8, 4) is 0 Å². The second-order valence-electron chi connectivity index (χ2n) is 13.9. The molecule has 0 radical (unpaired) electrons. The largest absolute Gasteiger partial charge is 0.119 e. The van der Waals surface area contributed by atoms with Crippen LogP contribution in [0.4, 0.5) is 0 Å². The molecule has 2 aliphatic rings. The summed E-state index contributed by atoms with van der Waals surface area (Å²) in [7, 11) is 1.22. The first kappa shape index (κ1) is 32.6. The van der Waals surface area contributed by atoms with E-state index in [0.29, 0.717) is 0 Å². The van der Waals surface area contributed by atoms with E-state index in [-0.39, 0.29) is 0 Å². The van der Waals surface area contributed by atoms with Gasteiger partial charge in [-0.1, -0.05) is 131 Å². The Morgan fingerprint density at radius 2 is 1.42 bits per heavy atom. The Hall–Kier alpha value is 0.430. The maximum Gasteiger partial charge on any atom is -0.0237 e. The van der Waals surface area contributed by atoms with Gasteiger partial charge in [0.05, 0.1) is 0 Å². The van der Waals surface area contributed by atoms with Gasteiger partial charge in [0.1, 0.15) is 0 Å². The zero-order chi connectivity index (χ0) is 26.2. The number of hydrogen-bond acceptors (Lipinski definition) is 0. The van der Waals surface area contributed by atoms with Gasteiger partial charge in [0.15, 0.2) is 0 Å². The lowest BCUT2D eigenvalue weighted by atomic mass is 9.68. The highest BCUT2D eigenvalue weighted by Gasteiger charge is 2.32. The Morgan fingerprint density at radius 1 is 0.722 bits per heavy atom. The van der Waals surface area contributed by atoms with Crippen LogP contribution in [0.3, 0.4) is 0 Å². The van der Waals surface area contributed by atoms with Crippen molar-refractivity contribution in [2.45, 2.75) is 176 Å². The molecule has 1 saturated carbocycles. The monoisotopic (exact) mass is 521 g/mol. The third-order valence-electron chi connectivity index (χ3n) is 10.7. The van der Waals surface area contributed by atoms with Crippen molar-refractivity contribution in [3.05, 3.63) is 0 Å². The van der Waals surface area contributed by atoms with E-state index >= 15 is 0 Å². The molecule has 0 aromatic carbocycles. The topological polar surface area (TPSA) is 0 Å². The van der Waals surface area contributed by atoms with Crippen molar-refractivity contribution in [2.24, 2.45) is 41.4 Å². The minimum absolute atomic E-state index is 0.940. The van der Waals surface area contributed by atoms with Crippen LogP contribution in [0.2, 0.25) is 0 Å². The fraction of sp³-hybridized carbons (Fsp3) is 1.00. The summed E-state index contributed by atoms with van der Waals surface area (Å²) in [6, 6.07) is 0. The number of rotatable bonds is 15. The first-order chi connectivity index (χ1) is 17.5. The van der Waals surface area contributed by atoms with Gasteiger partial charge in [0.2, 0.25) is 0 Å². The smallest absolute Gasteiger partial charge is 0.0237 e. The lowest BCUT2D eigenvalue weighted by Crippen LogP contribution is -2.28. The van der Waals surface area contributed by atoms with Gasteiger partial charge in [-0.2, -0.15) is 0 Å². The molecule has 1 aliphatic carbocycles. The van der Waals surface area contributed by atoms with Gasteiger partial charge in [0.25, 0.3) is 0 Å². The quantitative estimate of drug-likeness (QED) is 0.149. The lowest BCUT2D eigenvalue weighted by Gasteiger charge is -2.39. The van der Waals surface area contributed by atoms with E-state index in [2.05, 4.69) is 41.5 Å². The zero-order valence-electron chi connectivity index (χ0n) is 26.0. The molecule has 0 bridgehead atoms. The van der Waals surface area contributed by atoms with Gasteiger partial charge in [-0.05, 0) is 91.8 Å². The molecule has 0 aromatic rings. The van der Waals surface area contributed by atoms with Crippen LogP contribution in [0.15, 0.2) is 0 Å². The second kappa shape index (κ2) is 19.5. The molecule has 0 spiro atoms. The Morgan fingerprint density at radius 3 is 2.17 bits per heavy atom. The van der Waals surface area contributed by atoms with Crippen LogP contribution in [0.25, 0.3) is 0 Å². The lowest BCUT2D eigenvalue weighted by molar-refractivity contribution is 0.137. The normalized spacial score (nSPS) is 32.8. The summed E-state index contributed by atoms with van der Waals surface area (Å²) in [5, 5.41) is 0. The molecule has 0 N–H and O–H groups in total. The minimum Gasteiger partial charge on any atom is -0.119 e. The molecule has 0 aromatic heterocycles. The van der Waals surface area contributed by atoms with Gasteiger partial charge in [-0.25, -0.2) is 0 Å².